The number of nitrogens with zero attached hydrogens (tertiary/aromatic N) is 7. The summed E-state index contributed by atoms with van der Waals surface area (Å²) >= 11 is 1.52. The number of aromatic nitrogens is 3. The van der Waals surface area contributed by atoms with E-state index >= 15 is 4.79 Å². The molecule has 8 fully saturated rings. The maximum Gasteiger partial charge on any atom is 0.324 e. The van der Waals surface area contributed by atoms with Crippen LogP contribution in [0.1, 0.15) is 107 Å². The molecule has 0 radical (unpaired) electrons. The Labute approximate surface area is 455 Å². The molecule has 6 saturated heterocycles. The summed E-state index contributed by atoms with van der Waals surface area (Å²) in [6.07, 6.45) is 10.0. The molecule has 1 spiro atoms. The third kappa shape index (κ3) is 10.0. The predicted octanol–water partition coefficient (Wildman–Crippen LogP) is 6.06. The van der Waals surface area contributed by atoms with Gasteiger partial charge in [-0.2, -0.15) is 0 Å². The normalized spacial score (nSPS) is 29.3. The van der Waals surface area contributed by atoms with Crippen molar-refractivity contribution < 1.29 is 42.8 Å². The van der Waals surface area contributed by atoms with E-state index in [1.54, 1.807) is 12.1 Å². The number of fused-ring (bicyclic) bond motifs is 8. The number of cyclic esters (lactones) is 1. The Balaban J connectivity index is 0.951. The van der Waals surface area contributed by atoms with E-state index in [-0.39, 0.29) is 36.0 Å². The highest BCUT2D eigenvalue weighted by molar-refractivity contribution is 7.10. The number of likely N-dealkylation sites (tertiary alicyclic amines) is 1. The van der Waals surface area contributed by atoms with E-state index in [0.29, 0.717) is 104 Å². The monoisotopic (exact) mass is 1080 g/mol. The van der Waals surface area contributed by atoms with Crippen molar-refractivity contribution >= 4 is 45.7 Å². The summed E-state index contributed by atoms with van der Waals surface area (Å²) in [5.41, 5.74) is 9.72. The number of carbonyl (C=O) groups excluding carboxylic acids is 3. The first-order chi connectivity index (χ1) is 37.4. The van der Waals surface area contributed by atoms with Crippen molar-refractivity contribution in [1.82, 2.24) is 40.1 Å². The van der Waals surface area contributed by atoms with Gasteiger partial charge in [0.25, 0.3) is 11.8 Å². The third-order valence-corrected chi connectivity index (χ3v) is 19.4. The van der Waals surface area contributed by atoms with Gasteiger partial charge in [-0.15, -0.1) is 11.3 Å². The van der Waals surface area contributed by atoms with Gasteiger partial charge in [0, 0.05) is 117 Å². The molecule has 6 atom stereocenters. The lowest BCUT2D eigenvalue weighted by Crippen LogP contribution is -2.70. The van der Waals surface area contributed by atoms with Gasteiger partial charge >= 0.3 is 5.97 Å². The average molecular weight is 1080 g/mol. The maximum atomic E-state index is 15.4. The van der Waals surface area contributed by atoms with Gasteiger partial charge in [0.15, 0.2) is 0 Å². The van der Waals surface area contributed by atoms with Gasteiger partial charge in [0.05, 0.1) is 80.3 Å². The summed E-state index contributed by atoms with van der Waals surface area (Å²) in [5.74, 6) is -0.641. The molecule has 19 heteroatoms. The fraction of sp³-hybridized carbons (Fsp3) is 0.672. The van der Waals surface area contributed by atoms with Crippen LogP contribution in [0.4, 0.5) is 5.69 Å². The second kappa shape index (κ2) is 20.8. The number of nitrogens with one attached hydrogen (secondary N) is 2. The summed E-state index contributed by atoms with van der Waals surface area (Å²) in [6, 6.07) is 7.35. The topological polar surface area (TPSA) is 174 Å². The Hall–Kier alpha value is -4.57. The Bertz CT molecular complexity index is 2850. The zero-order chi connectivity index (χ0) is 52.6. The molecular weight excluding hydrogens is 999 g/mol. The van der Waals surface area contributed by atoms with E-state index in [9.17, 15) is 9.59 Å². The number of hydrazine groups is 1. The van der Waals surface area contributed by atoms with Gasteiger partial charge in [0.2, 0.25) is 0 Å². The molecule has 2 amide bonds. The minimum atomic E-state index is -1.03. The smallest absolute Gasteiger partial charge is 0.324 e. The second-order valence-corrected chi connectivity index (χ2v) is 25.6. The zero-order valence-corrected chi connectivity index (χ0v) is 46.2. The van der Waals surface area contributed by atoms with E-state index in [2.05, 4.69) is 80.4 Å². The fourth-order valence-corrected chi connectivity index (χ4v) is 14.8. The molecule has 2 aliphatic carbocycles. The van der Waals surface area contributed by atoms with Gasteiger partial charge < -0.3 is 43.2 Å². The van der Waals surface area contributed by atoms with Gasteiger partial charge in [-0.3, -0.25) is 34.2 Å². The number of esters is 1. The van der Waals surface area contributed by atoms with Crippen molar-refractivity contribution in [2.75, 3.05) is 104 Å². The number of hydrogen-bond donors (Lipinski definition) is 2. The maximum absolute atomic E-state index is 15.4. The molecule has 414 valence electrons. The number of thiazole rings is 1. The zero-order valence-electron chi connectivity index (χ0n) is 45.4. The standard InChI is InChI=1S/C58H77N9O9S/c1-36(71-4)48-43(25-40(28-59-48)64-18-16-63(17-19-64)39-8-9-39)50-44-27-56(2,3)33-75-54(69)45-6-5-15-67(62-45)53(68)49(61-55(70)58-14-11-37(26-58)29-76-58)51(65-31-57(32-65)34-73-35-57)52-60-46(30-77-52)38-7-10-47(42(44)24-38)66(50)20-23-74-41-12-21-72-22-13-41/h7,10,24-25,28,30,36-37,39,41,45,49,51,62H,5-6,8-9,11-23,26-27,29,31-35H2,1-4H3,(H,61,70)/t36-,37?,45-,49-,51-,58?/m0/s1. The van der Waals surface area contributed by atoms with Crippen molar-refractivity contribution in [2.45, 2.75) is 134 Å². The summed E-state index contributed by atoms with van der Waals surface area (Å²) in [4.78, 5) is 62.7. The molecule has 10 heterocycles. The van der Waals surface area contributed by atoms with Crippen molar-refractivity contribution in [3.63, 3.8) is 0 Å². The van der Waals surface area contributed by atoms with Crippen molar-refractivity contribution in [3.8, 4) is 22.5 Å². The van der Waals surface area contributed by atoms with E-state index in [1.165, 1.54) is 24.2 Å². The van der Waals surface area contributed by atoms with Crippen molar-refractivity contribution in [3.05, 3.63) is 52.1 Å². The molecule has 3 aromatic heterocycles. The van der Waals surface area contributed by atoms with E-state index in [1.807, 2.05) is 6.20 Å². The highest BCUT2D eigenvalue weighted by Gasteiger charge is 2.57. The fourth-order valence-electron chi connectivity index (χ4n) is 13.8. The quantitative estimate of drug-likeness (QED) is 0.157. The van der Waals surface area contributed by atoms with Crippen LogP contribution in [0.3, 0.4) is 0 Å². The number of carbonyl (C=O) groups is 3. The molecule has 4 aromatic rings. The van der Waals surface area contributed by atoms with E-state index in [0.717, 1.165) is 107 Å². The Kier molecular flexibility index (Phi) is 14.0. The lowest BCUT2D eigenvalue weighted by atomic mass is 9.76. The van der Waals surface area contributed by atoms with Crippen LogP contribution in [0, 0.1) is 16.7 Å². The van der Waals surface area contributed by atoms with Crippen molar-refractivity contribution in [1.29, 1.82) is 0 Å². The Morgan fingerprint density at radius 3 is 2.51 bits per heavy atom. The molecule has 2 unspecified atom stereocenters. The van der Waals surface area contributed by atoms with Gasteiger partial charge in [0.1, 0.15) is 22.7 Å². The molecule has 2 saturated carbocycles. The van der Waals surface area contributed by atoms with Gasteiger partial charge in [-0.1, -0.05) is 19.9 Å². The molecule has 9 aliphatic rings. The lowest BCUT2D eigenvalue weighted by molar-refractivity contribution is -0.203. The molecule has 77 heavy (non-hydrogen) atoms. The molecule has 18 nitrogen and oxygen atoms in total. The van der Waals surface area contributed by atoms with E-state index in [4.69, 9.17) is 38.4 Å². The highest BCUT2D eigenvalue weighted by Crippen LogP contribution is 2.48. The number of piperazine rings is 1. The van der Waals surface area contributed by atoms with Crippen molar-refractivity contribution in [2.24, 2.45) is 16.7 Å². The molecule has 7 aliphatic heterocycles. The number of anilines is 1. The minimum absolute atomic E-state index is 0.00474. The Morgan fingerprint density at radius 2 is 1.79 bits per heavy atom. The van der Waals surface area contributed by atoms with Crippen LogP contribution in [-0.4, -0.2) is 176 Å². The van der Waals surface area contributed by atoms with Crippen LogP contribution in [-0.2, 0) is 55.8 Å². The summed E-state index contributed by atoms with van der Waals surface area (Å²) in [6.45, 7) is 16.6. The first-order valence-corrected chi connectivity index (χ1v) is 29.6. The van der Waals surface area contributed by atoms with Gasteiger partial charge in [-0.25, -0.2) is 10.4 Å². The molecule has 2 N–H and O–H groups in total. The SMILES string of the molecule is CO[C@@H](C)c1ncc(N2CCN(C3CC3)CC2)cc1-c1c2c3cc(ccc3n1CCOC1CCOCC1)-c1csc(n1)[C@@H](N1CC3(COC3)C1)[C@H](NC(=O)C13CCC(CO1)C3)C(=O)N1CCC[C@H](N1)C(=O)OCC(C)(C)C2. The summed E-state index contributed by atoms with van der Waals surface area (Å²) in [7, 11) is 1.75. The van der Waals surface area contributed by atoms with Crippen LogP contribution < -0.4 is 15.6 Å². The first-order valence-electron chi connectivity index (χ1n) is 28.7. The Morgan fingerprint density at radius 1 is 0.974 bits per heavy atom. The number of methoxy groups -OCH3 is 1. The van der Waals surface area contributed by atoms with Crippen LogP contribution in [0.25, 0.3) is 33.4 Å². The third-order valence-electron chi connectivity index (χ3n) is 18.5. The lowest BCUT2D eigenvalue weighted by Gasteiger charge is -2.58. The number of rotatable bonds is 12. The summed E-state index contributed by atoms with van der Waals surface area (Å²) < 4.78 is 39.3. The number of amides is 2. The number of benzene rings is 1. The average Bonchev–Trinajstić information content (AvgIpc) is 3.77. The first kappa shape index (κ1) is 51.8. The molecular formula is C58H77N9O9S. The molecule has 8 bridgehead atoms. The molecule has 1 aromatic carbocycles. The van der Waals surface area contributed by atoms with Gasteiger partial charge in [-0.05, 0) is 101 Å². The molecule has 13 rings (SSSR count). The van der Waals surface area contributed by atoms with Crippen LogP contribution >= 0.6 is 11.3 Å². The number of pyridine rings is 1. The van der Waals surface area contributed by atoms with Crippen LogP contribution in [0.5, 0.6) is 0 Å². The van der Waals surface area contributed by atoms with Crippen LogP contribution in [0.15, 0.2) is 35.8 Å². The van der Waals surface area contributed by atoms with Crippen LogP contribution in [0.2, 0.25) is 0 Å². The number of hydrogen-bond acceptors (Lipinski definition) is 16. The second-order valence-electron chi connectivity index (χ2n) is 24.7. The predicted molar refractivity (Wildman–Crippen MR) is 290 cm³/mol. The minimum Gasteiger partial charge on any atom is -0.464 e. The largest absolute Gasteiger partial charge is 0.464 e. The number of ether oxygens (including phenoxy) is 6. The highest BCUT2D eigenvalue weighted by atomic mass is 32.1. The summed E-state index contributed by atoms with van der Waals surface area (Å²) in [5, 5.41) is 8.77. The van der Waals surface area contributed by atoms with E-state index < -0.39 is 35.1 Å².